The molecule has 0 aromatic carbocycles. The van der Waals surface area contributed by atoms with E-state index in [2.05, 4.69) is 13.8 Å². The number of rotatable bonds is 3. The number of fused-ring (bicyclic) bond motifs is 3. The highest BCUT2D eigenvalue weighted by Gasteiger charge is 2.65. The van der Waals surface area contributed by atoms with Gasteiger partial charge in [0.05, 0.1) is 25.3 Å². The number of epoxide rings is 1. The van der Waals surface area contributed by atoms with Crippen LogP contribution < -0.4 is 9.80 Å². The lowest BCUT2D eigenvalue weighted by Crippen LogP contribution is -3.28. The number of hydrogen-bond acceptors (Lipinski definition) is 3. The molecule has 5 heteroatoms. The summed E-state index contributed by atoms with van der Waals surface area (Å²) in [4.78, 5) is 16.1. The van der Waals surface area contributed by atoms with E-state index in [0.29, 0.717) is 17.3 Å². The maximum absolute atomic E-state index is 12.7. The summed E-state index contributed by atoms with van der Waals surface area (Å²) in [6.45, 7) is 12.8. The molecule has 0 aromatic rings. The molecule has 5 nitrogen and oxygen atoms in total. The van der Waals surface area contributed by atoms with E-state index in [1.54, 1.807) is 9.80 Å². The number of carbonyl (C=O) groups is 1. The standard InChI is InChI=1S/C21H34N2O3/c1-3-22-7-9-23(10-8-22)13-16-15-11-18-20(2,12-17(15)26-19(16)24)5-4-6-21(18)14-25-21/h15-18H,3-14H2,1-2H3/p+2/t15-,16+,17+,18-,20+,21-/m1/s1. The van der Waals surface area contributed by atoms with Crippen molar-refractivity contribution in [3.63, 3.8) is 0 Å². The lowest BCUT2D eigenvalue weighted by Gasteiger charge is -2.51. The van der Waals surface area contributed by atoms with E-state index in [4.69, 9.17) is 9.47 Å². The van der Waals surface area contributed by atoms with Crippen molar-refractivity contribution in [2.45, 2.75) is 57.7 Å². The van der Waals surface area contributed by atoms with Crippen LogP contribution in [0.15, 0.2) is 0 Å². The molecule has 0 amide bonds. The Kier molecular flexibility index (Phi) is 4.15. The van der Waals surface area contributed by atoms with Crippen molar-refractivity contribution in [3.8, 4) is 0 Å². The Labute approximate surface area is 157 Å². The van der Waals surface area contributed by atoms with Crippen LogP contribution in [-0.2, 0) is 14.3 Å². The number of piperazine rings is 1. The zero-order chi connectivity index (χ0) is 17.9. The number of esters is 1. The summed E-state index contributed by atoms with van der Waals surface area (Å²) in [5.74, 6) is 1.30. The molecule has 3 saturated heterocycles. The number of quaternary nitrogens is 2. The summed E-state index contributed by atoms with van der Waals surface area (Å²) >= 11 is 0. The van der Waals surface area contributed by atoms with Crippen molar-refractivity contribution in [3.05, 3.63) is 0 Å². The predicted molar refractivity (Wildman–Crippen MR) is 97.0 cm³/mol. The van der Waals surface area contributed by atoms with Crippen molar-refractivity contribution in [2.75, 3.05) is 45.9 Å². The fourth-order valence-electron chi connectivity index (χ4n) is 7.02. The van der Waals surface area contributed by atoms with E-state index in [0.717, 1.165) is 26.0 Å². The molecule has 0 radical (unpaired) electrons. The average Bonchev–Trinajstić information content (AvgIpc) is 3.33. The van der Waals surface area contributed by atoms with E-state index in [9.17, 15) is 4.79 Å². The van der Waals surface area contributed by atoms with Gasteiger partial charge in [-0.05, 0) is 50.4 Å². The van der Waals surface area contributed by atoms with Crippen LogP contribution in [0.2, 0.25) is 0 Å². The van der Waals surface area contributed by atoms with Crippen LogP contribution in [0.1, 0.15) is 46.0 Å². The third-order valence-corrected chi connectivity index (χ3v) is 8.75. The second kappa shape index (κ2) is 6.18. The zero-order valence-corrected chi connectivity index (χ0v) is 16.5. The van der Waals surface area contributed by atoms with Crippen LogP contribution in [0, 0.1) is 23.2 Å². The van der Waals surface area contributed by atoms with Crippen LogP contribution in [0.3, 0.4) is 0 Å². The summed E-state index contributed by atoms with van der Waals surface area (Å²) in [6.07, 6.45) is 6.18. The van der Waals surface area contributed by atoms with Crippen LogP contribution >= 0.6 is 0 Å². The summed E-state index contributed by atoms with van der Waals surface area (Å²) in [5, 5.41) is 0. The SMILES string of the molecule is CC[NH+]1CC[NH+](C[C@@H]2C(=O)O[C@H]3C[C@]4(C)CCC[C@@]5(CO5)[C@@H]4C[C@@H]32)CC1. The summed E-state index contributed by atoms with van der Waals surface area (Å²) in [5.41, 5.74) is 0.477. The molecule has 5 rings (SSSR count). The first-order valence-corrected chi connectivity index (χ1v) is 11.0. The molecule has 26 heavy (non-hydrogen) atoms. The minimum atomic E-state index is 0.103. The van der Waals surface area contributed by atoms with Crippen LogP contribution in [-0.4, -0.2) is 63.5 Å². The van der Waals surface area contributed by atoms with Gasteiger partial charge >= 0.3 is 5.97 Å². The third-order valence-electron chi connectivity index (χ3n) is 8.75. The van der Waals surface area contributed by atoms with Gasteiger partial charge in [-0.1, -0.05) is 6.92 Å². The molecular formula is C21H36N2O3+2. The summed E-state index contributed by atoms with van der Waals surface area (Å²) in [6, 6.07) is 0. The van der Waals surface area contributed by atoms with Crippen molar-refractivity contribution in [1.82, 2.24) is 0 Å². The molecule has 0 bridgehead atoms. The van der Waals surface area contributed by atoms with Gasteiger partial charge in [0.25, 0.3) is 0 Å². The van der Waals surface area contributed by atoms with Crippen LogP contribution in [0.4, 0.5) is 0 Å². The fraction of sp³-hybridized carbons (Fsp3) is 0.952. The Morgan fingerprint density at radius 1 is 1.15 bits per heavy atom. The molecular weight excluding hydrogens is 328 g/mol. The molecule has 2 N–H and O–H groups in total. The maximum Gasteiger partial charge on any atom is 0.315 e. The number of nitrogens with one attached hydrogen (secondary N) is 2. The average molecular weight is 365 g/mol. The highest BCUT2D eigenvalue weighted by molar-refractivity contribution is 5.75. The van der Waals surface area contributed by atoms with Gasteiger partial charge in [-0.3, -0.25) is 4.79 Å². The molecule has 3 aliphatic heterocycles. The van der Waals surface area contributed by atoms with E-state index in [1.807, 2.05) is 0 Å². The highest BCUT2D eigenvalue weighted by atomic mass is 16.6. The first kappa shape index (κ1) is 17.4. The van der Waals surface area contributed by atoms with E-state index < -0.39 is 0 Å². The zero-order valence-electron chi connectivity index (χ0n) is 16.5. The molecule has 5 aliphatic rings. The normalized spacial score (nSPS) is 53.1. The van der Waals surface area contributed by atoms with Gasteiger partial charge in [-0.25, -0.2) is 0 Å². The lowest BCUT2D eigenvalue weighted by molar-refractivity contribution is -1.01. The van der Waals surface area contributed by atoms with Gasteiger partial charge in [-0.2, -0.15) is 0 Å². The van der Waals surface area contributed by atoms with Gasteiger partial charge in [0, 0.05) is 5.92 Å². The van der Waals surface area contributed by atoms with Gasteiger partial charge in [0.15, 0.2) is 0 Å². The molecule has 146 valence electrons. The monoisotopic (exact) mass is 364 g/mol. The van der Waals surface area contributed by atoms with E-state index >= 15 is 0 Å². The molecule has 1 spiro atoms. The second-order valence-corrected chi connectivity index (χ2v) is 10.2. The van der Waals surface area contributed by atoms with Crippen molar-refractivity contribution >= 4 is 5.97 Å². The number of hydrogen-bond donors (Lipinski definition) is 2. The number of carbonyl (C=O) groups excluding carboxylic acids is 1. The topological polar surface area (TPSA) is 47.7 Å². The van der Waals surface area contributed by atoms with Gasteiger partial charge in [0.2, 0.25) is 0 Å². The van der Waals surface area contributed by atoms with Gasteiger partial charge < -0.3 is 19.3 Å². The molecule has 2 saturated carbocycles. The lowest BCUT2D eigenvalue weighted by atomic mass is 9.53. The minimum Gasteiger partial charge on any atom is -0.462 e. The molecule has 5 fully saturated rings. The molecule has 0 unspecified atom stereocenters. The fourth-order valence-corrected chi connectivity index (χ4v) is 7.02. The highest BCUT2D eigenvalue weighted by Crippen LogP contribution is 2.62. The molecule has 6 atom stereocenters. The molecule has 3 heterocycles. The second-order valence-electron chi connectivity index (χ2n) is 10.2. The summed E-state index contributed by atoms with van der Waals surface area (Å²) < 4.78 is 12.0. The minimum absolute atomic E-state index is 0.103. The maximum atomic E-state index is 12.7. The third kappa shape index (κ3) is 2.73. The first-order chi connectivity index (χ1) is 12.5. The van der Waals surface area contributed by atoms with Gasteiger partial charge in [-0.15, -0.1) is 0 Å². The van der Waals surface area contributed by atoms with E-state index in [1.165, 1.54) is 52.0 Å². The van der Waals surface area contributed by atoms with Crippen LogP contribution in [0.25, 0.3) is 0 Å². The first-order valence-electron chi connectivity index (χ1n) is 11.0. The Hall–Kier alpha value is -0.650. The van der Waals surface area contributed by atoms with Crippen molar-refractivity contribution < 1.29 is 24.1 Å². The van der Waals surface area contributed by atoms with Crippen molar-refractivity contribution in [2.24, 2.45) is 23.2 Å². The number of likely N-dealkylation sites (N-methyl/N-ethyl adjacent to an activating group) is 1. The van der Waals surface area contributed by atoms with E-state index in [-0.39, 0.29) is 23.6 Å². The van der Waals surface area contributed by atoms with Crippen molar-refractivity contribution in [1.29, 1.82) is 0 Å². The molecule has 2 aliphatic carbocycles. The summed E-state index contributed by atoms with van der Waals surface area (Å²) in [7, 11) is 0. The Bertz CT molecular complexity index is 570. The molecule has 0 aromatic heterocycles. The Morgan fingerprint density at radius 3 is 2.58 bits per heavy atom. The largest absolute Gasteiger partial charge is 0.462 e. The Morgan fingerprint density at radius 2 is 1.88 bits per heavy atom. The smallest absolute Gasteiger partial charge is 0.315 e. The van der Waals surface area contributed by atoms with Gasteiger partial charge in [0.1, 0.15) is 38.2 Å². The predicted octanol–water partition coefficient (Wildman–Crippen LogP) is -0.683. The number of ether oxygens (including phenoxy) is 2. The van der Waals surface area contributed by atoms with Crippen LogP contribution in [0.5, 0.6) is 0 Å². The quantitative estimate of drug-likeness (QED) is 0.515. The Balaban J connectivity index is 1.30.